The molecule has 0 aliphatic carbocycles. The molecular formula is C18H16F5NO5S. The van der Waals surface area contributed by atoms with Gasteiger partial charge in [0.25, 0.3) is 5.91 Å². The third-order valence-corrected chi connectivity index (χ3v) is 6.35. The molecule has 3 rings (SSSR count). The van der Waals surface area contributed by atoms with E-state index in [4.69, 9.17) is 4.42 Å². The molecule has 1 atom stereocenters. The Morgan fingerprint density at radius 1 is 1.10 bits per heavy atom. The van der Waals surface area contributed by atoms with E-state index in [1.165, 1.54) is 0 Å². The second-order valence-electron chi connectivity index (χ2n) is 6.78. The topological polar surface area (TPSA) is 76.8 Å². The van der Waals surface area contributed by atoms with Crippen molar-refractivity contribution in [1.29, 1.82) is 0 Å². The van der Waals surface area contributed by atoms with Crippen molar-refractivity contribution in [2.45, 2.75) is 25.9 Å². The highest BCUT2D eigenvalue weighted by Gasteiger charge is 2.36. The molecule has 1 aromatic heterocycles. The molecule has 1 aliphatic heterocycles. The number of carbonyl (C=O) groups is 1. The second kappa shape index (κ2) is 8.25. The summed E-state index contributed by atoms with van der Waals surface area (Å²) in [6.07, 6.45) is 0.121. The van der Waals surface area contributed by atoms with E-state index < -0.39 is 63.2 Å². The van der Waals surface area contributed by atoms with Crippen LogP contribution in [-0.2, 0) is 21.2 Å². The van der Waals surface area contributed by atoms with Gasteiger partial charge in [0.15, 0.2) is 22.2 Å². The lowest BCUT2D eigenvalue weighted by Gasteiger charge is -2.27. The lowest BCUT2D eigenvalue weighted by Crippen LogP contribution is -2.43. The van der Waals surface area contributed by atoms with Crippen LogP contribution >= 0.6 is 0 Å². The summed E-state index contributed by atoms with van der Waals surface area (Å²) < 4.78 is 101. The summed E-state index contributed by atoms with van der Waals surface area (Å²) in [6, 6.07) is 2.42. The minimum Gasteiger partial charge on any atom is -0.477 e. The summed E-state index contributed by atoms with van der Waals surface area (Å²) in [4.78, 5) is 13.7. The quantitative estimate of drug-likeness (QED) is 0.382. The van der Waals surface area contributed by atoms with E-state index in [0.717, 1.165) is 4.90 Å². The van der Waals surface area contributed by atoms with E-state index in [0.29, 0.717) is 11.5 Å². The first-order chi connectivity index (χ1) is 14.0. The molecule has 30 heavy (non-hydrogen) atoms. The van der Waals surface area contributed by atoms with E-state index >= 15 is 0 Å². The van der Waals surface area contributed by atoms with Crippen molar-refractivity contribution >= 4 is 15.7 Å². The fourth-order valence-electron chi connectivity index (χ4n) is 3.11. The summed E-state index contributed by atoms with van der Waals surface area (Å²) >= 11 is 0. The maximum atomic E-state index is 13.7. The molecule has 1 aliphatic rings. The maximum Gasteiger partial charge on any atom is 0.261 e. The first-order valence-corrected chi connectivity index (χ1v) is 10.5. The minimum absolute atomic E-state index is 0.121. The number of rotatable bonds is 6. The number of ether oxygens (including phenoxy) is 1. The maximum absolute atomic E-state index is 13.7. The number of halogens is 5. The second-order valence-corrected chi connectivity index (χ2v) is 9.01. The van der Waals surface area contributed by atoms with E-state index in [9.17, 15) is 35.2 Å². The van der Waals surface area contributed by atoms with Gasteiger partial charge in [-0.3, -0.25) is 4.79 Å². The smallest absolute Gasteiger partial charge is 0.261 e. The van der Waals surface area contributed by atoms with Crippen LogP contribution in [0.1, 0.15) is 17.9 Å². The predicted octanol–water partition coefficient (Wildman–Crippen LogP) is 2.88. The number of hydrogen-bond donors (Lipinski definition) is 0. The highest BCUT2D eigenvalue weighted by atomic mass is 32.2. The van der Waals surface area contributed by atoms with Crippen molar-refractivity contribution in [2.24, 2.45) is 0 Å². The molecule has 2 heterocycles. The van der Waals surface area contributed by atoms with Gasteiger partial charge < -0.3 is 14.1 Å². The Kier molecular flexibility index (Phi) is 6.06. The molecule has 1 fully saturated rings. The molecule has 12 heteroatoms. The molecule has 0 saturated carbocycles. The van der Waals surface area contributed by atoms with Crippen LogP contribution in [0.3, 0.4) is 0 Å². The molecule has 0 radical (unpaired) electrons. The van der Waals surface area contributed by atoms with E-state index in [2.05, 4.69) is 4.74 Å². The van der Waals surface area contributed by atoms with Crippen LogP contribution in [0.5, 0.6) is 5.75 Å². The number of amides is 1. The number of aryl methyl sites for hydroxylation is 1. The fourth-order valence-corrected chi connectivity index (χ4v) is 4.84. The predicted molar refractivity (Wildman–Crippen MR) is 92.8 cm³/mol. The number of carbonyl (C=O) groups excluding carboxylic acids is 1. The number of furan rings is 1. The van der Waals surface area contributed by atoms with Crippen LogP contribution in [0.25, 0.3) is 0 Å². The average molecular weight is 453 g/mol. The third-order valence-electron chi connectivity index (χ3n) is 4.60. The van der Waals surface area contributed by atoms with Crippen LogP contribution in [0, 0.1) is 36.0 Å². The van der Waals surface area contributed by atoms with Crippen molar-refractivity contribution in [3.8, 4) is 5.75 Å². The van der Waals surface area contributed by atoms with Crippen molar-refractivity contribution in [1.82, 2.24) is 4.90 Å². The highest BCUT2D eigenvalue weighted by molar-refractivity contribution is 7.91. The highest BCUT2D eigenvalue weighted by Crippen LogP contribution is 2.29. The number of hydrogen-bond acceptors (Lipinski definition) is 5. The van der Waals surface area contributed by atoms with Gasteiger partial charge in [-0.05, 0) is 25.5 Å². The normalized spacial score (nSPS) is 17.9. The molecule has 0 bridgehead atoms. The summed E-state index contributed by atoms with van der Waals surface area (Å²) in [6.45, 7) is 0.421. The molecule has 1 amide bonds. The van der Waals surface area contributed by atoms with Gasteiger partial charge in [-0.15, -0.1) is 0 Å². The van der Waals surface area contributed by atoms with Crippen molar-refractivity contribution in [3.05, 3.63) is 52.7 Å². The molecule has 1 aromatic carbocycles. The standard InChI is InChI=1S/C18H16F5NO5S/c1-9-2-3-11(29-9)6-24(10-4-5-30(26,27)8-10)12(25)7-28-18-16(22)14(20)13(19)15(21)17(18)23/h2-3,10H,4-8H2,1H3/t10-/m1/s1. The Hall–Kier alpha value is -2.63. The monoisotopic (exact) mass is 453 g/mol. The van der Waals surface area contributed by atoms with Gasteiger partial charge in [0.05, 0.1) is 18.1 Å². The zero-order valence-electron chi connectivity index (χ0n) is 15.6. The number of nitrogens with zero attached hydrogens (tertiary/aromatic N) is 1. The Labute approximate surface area is 168 Å². The SMILES string of the molecule is Cc1ccc(CN(C(=O)COc2c(F)c(F)c(F)c(F)c2F)[C@@H]2CCS(=O)(=O)C2)o1. The van der Waals surface area contributed by atoms with Crippen LogP contribution in [-0.4, -0.2) is 43.4 Å². The van der Waals surface area contributed by atoms with Gasteiger partial charge in [0.1, 0.15) is 11.5 Å². The molecule has 164 valence electrons. The number of sulfone groups is 1. The molecular weight excluding hydrogens is 437 g/mol. The Bertz CT molecular complexity index is 1060. The van der Waals surface area contributed by atoms with Gasteiger partial charge in [-0.25, -0.2) is 21.6 Å². The first-order valence-electron chi connectivity index (χ1n) is 8.69. The number of benzene rings is 1. The molecule has 0 spiro atoms. The Morgan fingerprint density at radius 2 is 1.70 bits per heavy atom. The molecule has 0 unspecified atom stereocenters. The van der Waals surface area contributed by atoms with Crippen LogP contribution < -0.4 is 4.74 Å². The van der Waals surface area contributed by atoms with E-state index in [1.807, 2.05) is 0 Å². The van der Waals surface area contributed by atoms with Crippen LogP contribution in [0.2, 0.25) is 0 Å². The molecule has 0 N–H and O–H groups in total. The summed E-state index contributed by atoms with van der Waals surface area (Å²) in [7, 11) is -3.38. The molecule has 2 aromatic rings. The largest absolute Gasteiger partial charge is 0.477 e. The summed E-state index contributed by atoms with van der Waals surface area (Å²) in [5.41, 5.74) is 0. The van der Waals surface area contributed by atoms with Crippen molar-refractivity contribution < 1.29 is 44.3 Å². The van der Waals surface area contributed by atoms with Gasteiger partial charge >= 0.3 is 0 Å². The zero-order chi connectivity index (χ0) is 22.2. The van der Waals surface area contributed by atoms with Crippen LogP contribution in [0.15, 0.2) is 16.5 Å². The lowest BCUT2D eigenvalue weighted by atomic mass is 10.2. The molecule has 1 saturated heterocycles. The summed E-state index contributed by atoms with van der Waals surface area (Å²) in [5.74, 6) is -13.3. The van der Waals surface area contributed by atoms with Gasteiger partial charge in [0, 0.05) is 6.04 Å². The zero-order valence-corrected chi connectivity index (χ0v) is 16.4. The van der Waals surface area contributed by atoms with Crippen LogP contribution in [0.4, 0.5) is 22.0 Å². The molecule has 6 nitrogen and oxygen atoms in total. The fraction of sp³-hybridized carbons (Fsp3) is 0.389. The minimum atomic E-state index is -3.38. The van der Waals surface area contributed by atoms with E-state index in [-0.39, 0.29) is 24.5 Å². The average Bonchev–Trinajstić information content (AvgIpc) is 3.27. The van der Waals surface area contributed by atoms with Gasteiger partial charge in [-0.1, -0.05) is 0 Å². The Balaban J connectivity index is 1.82. The van der Waals surface area contributed by atoms with Gasteiger partial charge in [0.2, 0.25) is 29.1 Å². The van der Waals surface area contributed by atoms with Crippen molar-refractivity contribution in [3.63, 3.8) is 0 Å². The third kappa shape index (κ3) is 4.42. The lowest BCUT2D eigenvalue weighted by molar-refractivity contribution is -0.136. The van der Waals surface area contributed by atoms with Crippen molar-refractivity contribution in [2.75, 3.05) is 18.1 Å². The van der Waals surface area contributed by atoms with E-state index in [1.54, 1.807) is 19.1 Å². The van der Waals surface area contributed by atoms with Gasteiger partial charge in [-0.2, -0.15) is 8.78 Å². The first kappa shape index (κ1) is 22.1. The Morgan fingerprint density at radius 3 is 2.20 bits per heavy atom. The summed E-state index contributed by atoms with van der Waals surface area (Å²) in [5, 5.41) is 0.